The first-order chi connectivity index (χ1) is 9.29. The molecule has 1 aliphatic heterocycles. The summed E-state index contributed by atoms with van der Waals surface area (Å²) in [5, 5.41) is 0. The summed E-state index contributed by atoms with van der Waals surface area (Å²) in [4.78, 5) is 13.5. The van der Waals surface area contributed by atoms with Crippen LogP contribution in [-0.4, -0.2) is 30.1 Å². The number of nitrogens with zero attached hydrogens (tertiary/aromatic N) is 1. The average molecular weight is 286 g/mol. The number of hydrogen-bond donors (Lipinski definition) is 1. The Labute approximate surface area is 115 Å². The third kappa shape index (κ3) is 3.05. The molecule has 1 heterocycles. The minimum Gasteiger partial charge on any atom is -0.399 e. The molecule has 2 N–H and O–H groups in total. The number of carbonyl (C=O) groups is 1. The summed E-state index contributed by atoms with van der Waals surface area (Å²) in [5.74, 6) is -1.78. The van der Waals surface area contributed by atoms with Crippen molar-refractivity contribution in [2.75, 3.05) is 18.8 Å². The van der Waals surface area contributed by atoms with Gasteiger partial charge in [0.25, 0.3) is 5.91 Å². The van der Waals surface area contributed by atoms with E-state index in [9.17, 15) is 18.0 Å². The number of halogens is 3. The topological polar surface area (TPSA) is 46.3 Å². The molecule has 6 heteroatoms. The van der Waals surface area contributed by atoms with Gasteiger partial charge in [-0.05, 0) is 43.5 Å². The fourth-order valence-corrected chi connectivity index (χ4v) is 2.42. The smallest absolute Gasteiger partial charge is 0.393 e. The zero-order chi connectivity index (χ0) is 14.9. The van der Waals surface area contributed by atoms with Crippen LogP contribution in [0.1, 0.15) is 28.8 Å². The summed E-state index contributed by atoms with van der Waals surface area (Å²) >= 11 is 0. The van der Waals surface area contributed by atoms with Crippen LogP contribution in [-0.2, 0) is 0 Å². The van der Waals surface area contributed by atoms with Crippen LogP contribution in [0.2, 0.25) is 0 Å². The molecule has 2 rings (SSSR count). The lowest BCUT2D eigenvalue weighted by Crippen LogP contribution is -2.44. The second-order valence-electron chi connectivity index (χ2n) is 5.20. The van der Waals surface area contributed by atoms with Gasteiger partial charge in [0.15, 0.2) is 0 Å². The second-order valence-corrected chi connectivity index (χ2v) is 5.20. The van der Waals surface area contributed by atoms with Gasteiger partial charge in [0, 0.05) is 24.3 Å². The summed E-state index contributed by atoms with van der Waals surface area (Å²) in [6.45, 7) is 1.88. The first-order valence-electron chi connectivity index (χ1n) is 6.51. The SMILES string of the molecule is Cc1cc(C(=O)N2CCCC(C(F)(F)F)C2)ccc1N. The van der Waals surface area contributed by atoms with Crippen molar-refractivity contribution < 1.29 is 18.0 Å². The van der Waals surface area contributed by atoms with Crippen molar-refractivity contribution >= 4 is 11.6 Å². The van der Waals surface area contributed by atoms with Gasteiger partial charge in [-0.2, -0.15) is 13.2 Å². The molecule has 0 spiro atoms. The van der Waals surface area contributed by atoms with Gasteiger partial charge >= 0.3 is 6.18 Å². The molecule has 0 aliphatic carbocycles. The van der Waals surface area contributed by atoms with Gasteiger partial charge in [0.1, 0.15) is 0 Å². The van der Waals surface area contributed by atoms with Crippen molar-refractivity contribution in [2.45, 2.75) is 25.9 Å². The number of nitrogens with two attached hydrogens (primary N) is 1. The van der Waals surface area contributed by atoms with E-state index >= 15 is 0 Å². The highest BCUT2D eigenvalue weighted by atomic mass is 19.4. The Bertz CT molecular complexity index is 514. The van der Waals surface area contributed by atoms with E-state index < -0.39 is 12.1 Å². The van der Waals surface area contributed by atoms with Gasteiger partial charge in [-0.25, -0.2) is 0 Å². The van der Waals surface area contributed by atoms with E-state index in [0.29, 0.717) is 24.2 Å². The van der Waals surface area contributed by atoms with Crippen LogP contribution in [0.5, 0.6) is 0 Å². The second kappa shape index (κ2) is 5.34. The van der Waals surface area contributed by atoms with Crippen molar-refractivity contribution in [3.05, 3.63) is 29.3 Å². The van der Waals surface area contributed by atoms with Gasteiger partial charge in [0.2, 0.25) is 0 Å². The number of anilines is 1. The maximum atomic E-state index is 12.7. The Morgan fingerprint density at radius 1 is 1.40 bits per heavy atom. The van der Waals surface area contributed by atoms with Crippen LogP contribution in [0, 0.1) is 12.8 Å². The van der Waals surface area contributed by atoms with Crippen molar-refractivity contribution in [2.24, 2.45) is 5.92 Å². The minimum absolute atomic E-state index is 0.0913. The number of hydrogen-bond acceptors (Lipinski definition) is 2. The minimum atomic E-state index is -4.24. The van der Waals surface area contributed by atoms with Gasteiger partial charge < -0.3 is 10.6 Å². The number of nitrogen functional groups attached to an aromatic ring is 1. The van der Waals surface area contributed by atoms with Crippen molar-refractivity contribution in [3.63, 3.8) is 0 Å². The summed E-state index contributed by atoms with van der Waals surface area (Å²) in [6.07, 6.45) is -3.77. The number of rotatable bonds is 1. The molecule has 110 valence electrons. The molecule has 1 aromatic rings. The van der Waals surface area contributed by atoms with Crippen LogP contribution in [0.25, 0.3) is 0 Å². The first-order valence-corrected chi connectivity index (χ1v) is 6.51. The van der Waals surface area contributed by atoms with Crippen LogP contribution < -0.4 is 5.73 Å². The van der Waals surface area contributed by atoms with Crippen molar-refractivity contribution in [3.8, 4) is 0 Å². The highest BCUT2D eigenvalue weighted by Crippen LogP contribution is 2.33. The Morgan fingerprint density at radius 2 is 2.10 bits per heavy atom. The molecule has 1 aliphatic rings. The molecular weight excluding hydrogens is 269 g/mol. The molecule has 0 saturated carbocycles. The van der Waals surface area contributed by atoms with Crippen LogP contribution in [0.15, 0.2) is 18.2 Å². The van der Waals surface area contributed by atoms with E-state index in [-0.39, 0.29) is 18.9 Å². The zero-order valence-electron chi connectivity index (χ0n) is 11.2. The van der Waals surface area contributed by atoms with Crippen molar-refractivity contribution in [1.29, 1.82) is 0 Å². The molecule has 0 bridgehead atoms. The number of carbonyl (C=O) groups excluding carboxylic acids is 1. The Hall–Kier alpha value is -1.72. The van der Waals surface area contributed by atoms with E-state index in [2.05, 4.69) is 0 Å². The summed E-state index contributed by atoms with van der Waals surface area (Å²) < 4.78 is 38.2. The maximum Gasteiger partial charge on any atom is 0.393 e. The molecule has 0 aromatic heterocycles. The highest BCUT2D eigenvalue weighted by molar-refractivity contribution is 5.95. The van der Waals surface area contributed by atoms with Crippen LogP contribution >= 0.6 is 0 Å². The first kappa shape index (κ1) is 14.7. The van der Waals surface area contributed by atoms with Crippen LogP contribution in [0.3, 0.4) is 0 Å². The zero-order valence-corrected chi connectivity index (χ0v) is 11.2. The third-order valence-corrected chi connectivity index (χ3v) is 3.69. The molecule has 1 amide bonds. The Balaban J connectivity index is 2.14. The number of alkyl halides is 3. The molecular formula is C14H17F3N2O. The fourth-order valence-electron chi connectivity index (χ4n) is 2.42. The number of aryl methyl sites for hydroxylation is 1. The molecule has 1 atom stereocenters. The van der Waals surface area contributed by atoms with Gasteiger partial charge in [0.05, 0.1) is 5.92 Å². The Kier molecular flexibility index (Phi) is 3.92. The molecule has 1 saturated heterocycles. The van der Waals surface area contributed by atoms with E-state index in [1.54, 1.807) is 25.1 Å². The predicted octanol–water partition coefficient (Wildman–Crippen LogP) is 2.99. The van der Waals surface area contributed by atoms with E-state index in [0.717, 1.165) is 5.56 Å². The fraction of sp³-hybridized carbons (Fsp3) is 0.500. The standard InChI is InChI=1S/C14H17F3N2O/c1-9-7-10(4-5-12(9)18)13(20)19-6-2-3-11(8-19)14(15,16)17/h4-5,7,11H,2-3,6,8,18H2,1H3. The molecule has 0 radical (unpaired) electrons. The van der Waals surface area contributed by atoms with E-state index in [4.69, 9.17) is 5.73 Å². The quantitative estimate of drug-likeness (QED) is 0.807. The molecule has 1 unspecified atom stereocenters. The summed E-state index contributed by atoms with van der Waals surface area (Å²) in [5.41, 5.74) is 7.37. The van der Waals surface area contributed by atoms with Gasteiger partial charge in [-0.3, -0.25) is 4.79 Å². The van der Waals surface area contributed by atoms with Gasteiger partial charge in [-0.15, -0.1) is 0 Å². The van der Waals surface area contributed by atoms with Gasteiger partial charge in [-0.1, -0.05) is 0 Å². The van der Waals surface area contributed by atoms with E-state index in [1.165, 1.54) is 4.90 Å². The summed E-state index contributed by atoms with van der Waals surface area (Å²) in [6, 6.07) is 4.78. The lowest BCUT2D eigenvalue weighted by molar-refractivity contribution is -0.184. The maximum absolute atomic E-state index is 12.7. The molecule has 3 nitrogen and oxygen atoms in total. The van der Waals surface area contributed by atoms with Crippen LogP contribution in [0.4, 0.5) is 18.9 Å². The number of benzene rings is 1. The molecule has 1 fully saturated rings. The third-order valence-electron chi connectivity index (χ3n) is 3.69. The molecule has 20 heavy (non-hydrogen) atoms. The number of amides is 1. The van der Waals surface area contributed by atoms with Crippen molar-refractivity contribution in [1.82, 2.24) is 4.90 Å². The monoisotopic (exact) mass is 286 g/mol. The lowest BCUT2D eigenvalue weighted by Gasteiger charge is -2.33. The predicted molar refractivity (Wildman–Crippen MR) is 70.3 cm³/mol. The average Bonchev–Trinajstić information content (AvgIpc) is 2.40. The highest BCUT2D eigenvalue weighted by Gasteiger charge is 2.42. The summed E-state index contributed by atoms with van der Waals surface area (Å²) in [7, 11) is 0. The number of piperidine rings is 1. The molecule has 1 aromatic carbocycles. The Morgan fingerprint density at radius 3 is 2.70 bits per heavy atom. The number of likely N-dealkylation sites (tertiary alicyclic amines) is 1. The normalized spacial score (nSPS) is 20.0. The largest absolute Gasteiger partial charge is 0.399 e. The lowest BCUT2D eigenvalue weighted by atomic mass is 9.96. The van der Waals surface area contributed by atoms with E-state index in [1.807, 2.05) is 0 Å².